The van der Waals surface area contributed by atoms with Gasteiger partial charge in [0.15, 0.2) is 5.96 Å². The Labute approximate surface area is 116 Å². The van der Waals surface area contributed by atoms with E-state index in [0.29, 0.717) is 6.54 Å². The lowest BCUT2D eigenvalue weighted by molar-refractivity contribution is 0.516. The van der Waals surface area contributed by atoms with Crippen LogP contribution in [0.1, 0.15) is 25.7 Å². The summed E-state index contributed by atoms with van der Waals surface area (Å²) in [5, 5.41) is 6.69. The Hall–Kier alpha value is -0.890. The first kappa shape index (κ1) is 18.1. The smallest absolute Gasteiger partial charge is 0.185 e. The Morgan fingerprint density at radius 3 is 2.37 bits per heavy atom. The highest BCUT2D eigenvalue weighted by atomic mass is 15.0. The van der Waals surface area contributed by atoms with Crippen LogP contribution in [0.3, 0.4) is 0 Å². The van der Waals surface area contributed by atoms with Gasteiger partial charge in [0.2, 0.25) is 0 Å². The molecule has 0 amide bonds. The SMILES string of the molecule is NCCCNCCCNC[C@@H](N)CCCN=C(N)N. The van der Waals surface area contributed by atoms with E-state index in [0.717, 1.165) is 58.4 Å². The fraction of sp³-hybridized carbons (Fsp3) is 0.917. The van der Waals surface area contributed by atoms with E-state index in [1.165, 1.54) is 0 Å². The van der Waals surface area contributed by atoms with E-state index in [1.807, 2.05) is 0 Å². The van der Waals surface area contributed by atoms with Crippen LogP contribution in [0.2, 0.25) is 0 Å². The fourth-order valence-corrected chi connectivity index (χ4v) is 1.64. The number of rotatable bonds is 13. The molecule has 0 bridgehead atoms. The van der Waals surface area contributed by atoms with Crippen molar-refractivity contribution in [1.29, 1.82) is 0 Å². The average Bonchev–Trinajstić information content (AvgIpc) is 2.37. The minimum Gasteiger partial charge on any atom is -0.370 e. The number of hydrogen-bond acceptors (Lipinski definition) is 5. The Balaban J connectivity index is 3.20. The second kappa shape index (κ2) is 13.5. The van der Waals surface area contributed by atoms with Gasteiger partial charge >= 0.3 is 0 Å². The van der Waals surface area contributed by atoms with Gasteiger partial charge in [-0.05, 0) is 51.9 Å². The van der Waals surface area contributed by atoms with Crippen molar-refractivity contribution in [3.63, 3.8) is 0 Å². The fourth-order valence-electron chi connectivity index (χ4n) is 1.64. The van der Waals surface area contributed by atoms with Crippen LogP contribution < -0.4 is 33.6 Å². The van der Waals surface area contributed by atoms with Crippen molar-refractivity contribution in [2.75, 3.05) is 39.3 Å². The summed E-state index contributed by atoms with van der Waals surface area (Å²) in [6, 6.07) is 0.166. The number of aliphatic imine (C=N–C) groups is 1. The number of hydrogen-bond donors (Lipinski definition) is 6. The highest BCUT2D eigenvalue weighted by Gasteiger charge is 2.01. The molecule has 0 aliphatic carbocycles. The molecule has 1 atom stereocenters. The van der Waals surface area contributed by atoms with Gasteiger partial charge in [-0.15, -0.1) is 0 Å². The van der Waals surface area contributed by atoms with Gasteiger partial charge in [-0.2, -0.15) is 0 Å². The molecular formula is C12H31N7. The van der Waals surface area contributed by atoms with E-state index in [1.54, 1.807) is 0 Å². The van der Waals surface area contributed by atoms with Gasteiger partial charge in [-0.3, -0.25) is 4.99 Å². The van der Waals surface area contributed by atoms with Crippen molar-refractivity contribution in [2.24, 2.45) is 27.9 Å². The summed E-state index contributed by atoms with van der Waals surface area (Å²) < 4.78 is 0. The third-order valence-corrected chi connectivity index (χ3v) is 2.70. The molecule has 0 aromatic rings. The summed E-state index contributed by atoms with van der Waals surface area (Å²) in [7, 11) is 0. The summed E-state index contributed by atoms with van der Waals surface area (Å²) in [4.78, 5) is 3.92. The summed E-state index contributed by atoms with van der Waals surface area (Å²) in [5.41, 5.74) is 21.8. The topological polar surface area (TPSA) is 140 Å². The third kappa shape index (κ3) is 15.1. The minimum atomic E-state index is 0.147. The van der Waals surface area contributed by atoms with Crippen LogP contribution in [-0.4, -0.2) is 51.3 Å². The zero-order valence-corrected chi connectivity index (χ0v) is 11.9. The van der Waals surface area contributed by atoms with Crippen LogP contribution in [0.15, 0.2) is 4.99 Å². The monoisotopic (exact) mass is 273 g/mol. The molecule has 0 unspecified atom stereocenters. The maximum absolute atomic E-state index is 5.97. The molecule has 19 heavy (non-hydrogen) atoms. The van der Waals surface area contributed by atoms with Gasteiger partial charge in [0.1, 0.15) is 0 Å². The Morgan fingerprint density at radius 2 is 1.68 bits per heavy atom. The molecular weight excluding hydrogens is 242 g/mol. The quantitative estimate of drug-likeness (QED) is 0.134. The van der Waals surface area contributed by atoms with Crippen LogP contribution in [-0.2, 0) is 0 Å². The predicted octanol–water partition coefficient (Wildman–Crippen LogP) is -1.71. The molecule has 0 aromatic carbocycles. The normalized spacial score (nSPS) is 12.3. The number of nitrogens with two attached hydrogens (primary N) is 4. The van der Waals surface area contributed by atoms with Gasteiger partial charge in [0, 0.05) is 19.1 Å². The Bertz CT molecular complexity index is 216. The zero-order chi connectivity index (χ0) is 14.3. The molecule has 0 aromatic heterocycles. The minimum absolute atomic E-state index is 0.147. The third-order valence-electron chi connectivity index (χ3n) is 2.70. The van der Waals surface area contributed by atoms with Gasteiger partial charge < -0.3 is 33.6 Å². The van der Waals surface area contributed by atoms with E-state index in [9.17, 15) is 0 Å². The molecule has 114 valence electrons. The van der Waals surface area contributed by atoms with E-state index >= 15 is 0 Å². The molecule has 10 N–H and O–H groups in total. The van der Waals surface area contributed by atoms with E-state index in [2.05, 4.69) is 15.6 Å². The molecule has 0 spiro atoms. The first-order valence-electron chi connectivity index (χ1n) is 7.09. The molecule has 0 saturated heterocycles. The van der Waals surface area contributed by atoms with Crippen LogP contribution in [0.5, 0.6) is 0 Å². The van der Waals surface area contributed by atoms with Crippen molar-refractivity contribution in [2.45, 2.75) is 31.7 Å². The molecule has 0 fully saturated rings. The highest BCUT2D eigenvalue weighted by Crippen LogP contribution is 1.93. The van der Waals surface area contributed by atoms with E-state index in [4.69, 9.17) is 22.9 Å². The van der Waals surface area contributed by atoms with Crippen LogP contribution in [0, 0.1) is 0 Å². The maximum Gasteiger partial charge on any atom is 0.185 e. The van der Waals surface area contributed by atoms with Crippen molar-refractivity contribution >= 4 is 5.96 Å². The van der Waals surface area contributed by atoms with Crippen molar-refractivity contribution in [1.82, 2.24) is 10.6 Å². The van der Waals surface area contributed by atoms with Gasteiger partial charge in [-0.1, -0.05) is 0 Å². The molecule has 7 heteroatoms. The van der Waals surface area contributed by atoms with Crippen LogP contribution >= 0.6 is 0 Å². The van der Waals surface area contributed by atoms with Gasteiger partial charge in [-0.25, -0.2) is 0 Å². The van der Waals surface area contributed by atoms with Crippen molar-refractivity contribution in [3.05, 3.63) is 0 Å². The second-order valence-electron chi connectivity index (χ2n) is 4.66. The van der Waals surface area contributed by atoms with E-state index < -0.39 is 0 Å². The predicted molar refractivity (Wildman–Crippen MR) is 81.9 cm³/mol. The van der Waals surface area contributed by atoms with Gasteiger partial charge in [0.25, 0.3) is 0 Å². The largest absolute Gasteiger partial charge is 0.370 e. The molecule has 0 aliphatic heterocycles. The van der Waals surface area contributed by atoms with E-state index in [-0.39, 0.29) is 12.0 Å². The summed E-state index contributed by atoms with van der Waals surface area (Å²) in [6.07, 6.45) is 3.99. The first-order chi connectivity index (χ1) is 9.16. The van der Waals surface area contributed by atoms with Crippen LogP contribution in [0.4, 0.5) is 0 Å². The zero-order valence-electron chi connectivity index (χ0n) is 11.9. The summed E-state index contributed by atoms with van der Waals surface area (Å²) in [6.45, 7) is 5.25. The molecule has 0 rings (SSSR count). The standard InChI is InChI=1S/C12H31N7/c13-5-2-6-17-7-3-8-18-10-11(14)4-1-9-19-12(15)16/h11,17-18H,1-10,13-14H2,(H4,15,16,19)/t11-/m0/s1. The number of guanidine groups is 1. The average molecular weight is 273 g/mol. The molecule has 0 saturated carbocycles. The maximum atomic E-state index is 5.97. The lowest BCUT2D eigenvalue weighted by Crippen LogP contribution is -2.35. The molecule has 0 radical (unpaired) electrons. The van der Waals surface area contributed by atoms with Crippen LogP contribution in [0.25, 0.3) is 0 Å². The van der Waals surface area contributed by atoms with Crippen molar-refractivity contribution in [3.8, 4) is 0 Å². The summed E-state index contributed by atoms with van der Waals surface area (Å²) in [5.74, 6) is 0.147. The summed E-state index contributed by atoms with van der Waals surface area (Å²) >= 11 is 0. The van der Waals surface area contributed by atoms with Crippen molar-refractivity contribution < 1.29 is 0 Å². The molecule has 0 heterocycles. The molecule has 7 nitrogen and oxygen atoms in total. The lowest BCUT2D eigenvalue weighted by Gasteiger charge is -2.12. The van der Waals surface area contributed by atoms with Gasteiger partial charge in [0.05, 0.1) is 0 Å². The second-order valence-corrected chi connectivity index (χ2v) is 4.66. The lowest BCUT2D eigenvalue weighted by atomic mass is 10.1. The molecule has 0 aliphatic rings. The number of nitrogens with one attached hydrogen (secondary N) is 2. The number of nitrogens with zero attached hydrogens (tertiary/aromatic N) is 1. The Morgan fingerprint density at radius 1 is 1.00 bits per heavy atom. The Kier molecular flexibility index (Phi) is 12.9. The highest BCUT2D eigenvalue weighted by molar-refractivity contribution is 5.75. The first-order valence-corrected chi connectivity index (χ1v) is 7.09.